The molecular formula is C15H26N2O4. The van der Waals surface area contributed by atoms with Gasteiger partial charge in [-0.1, -0.05) is 13.8 Å². The fourth-order valence-corrected chi connectivity index (χ4v) is 3.85. The number of hydrogen-bond acceptors (Lipinski definition) is 4. The van der Waals surface area contributed by atoms with Crippen molar-refractivity contribution in [3.63, 3.8) is 0 Å². The molecule has 1 N–H and O–H groups in total. The summed E-state index contributed by atoms with van der Waals surface area (Å²) in [6.45, 7) is 5.92. The lowest BCUT2D eigenvalue weighted by atomic mass is 9.97. The molecule has 2 amide bonds. The third-order valence-electron chi connectivity index (χ3n) is 4.93. The summed E-state index contributed by atoms with van der Waals surface area (Å²) >= 11 is 0. The summed E-state index contributed by atoms with van der Waals surface area (Å²) < 4.78 is 10.2. The van der Waals surface area contributed by atoms with Crippen LogP contribution < -0.4 is 5.32 Å². The molecule has 21 heavy (non-hydrogen) atoms. The standard InChI is InChI=1S/C15H26N2O4/c1-8(2)12(16-15(19)21-5)14(18)17-9(3)10-6-7-11(17)13(10)20-4/h8-13H,6-7H2,1-5H3,(H,16,19)/t9-,10-,11-,12+,13+/m1/s1. The highest BCUT2D eigenvalue weighted by molar-refractivity contribution is 5.87. The SMILES string of the molecule is COC(=O)N[C@H](C(=O)N1[C@H](C)[C@H]2CC[C@@H]1[C@H]2OC)C(C)C. The minimum absolute atomic E-state index is 0.00363. The predicted molar refractivity (Wildman–Crippen MR) is 77.8 cm³/mol. The van der Waals surface area contributed by atoms with Crippen molar-refractivity contribution in [1.29, 1.82) is 0 Å². The van der Waals surface area contributed by atoms with Crippen LogP contribution in [0.4, 0.5) is 4.79 Å². The van der Waals surface area contributed by atoms with Gasteiger partial charge in [-0.3, -0.25) is 4.79 Å². The van der Waals surface area contributed by atoms with Crippen LogP contribution in [0, 0.1) is 11.8 Å². The molecule has 1 heterocycles. The van der Waals surface area contributed by atoms with E-state index in [1.165, 1.54) is 7.11 Å². The number of carbonyl (C=O) groups excluding carboxylic acids is 2. The van der Waals surface area contributed by atoms with E-state index >= 15 is 0 Å². The number of rotatable bonds is 4. The summed E-state index contributed by atoms with van der Waals surface area (Å²) in [6.07, 6.45) is 1.63. The van der Waals surface area contributed by atoms with Crippen LogP contribution in [-0.2, 0) is 14.3 Å². The lowest BCUT2D eigenvalue weighted by Gasteiger charge is -2.36. The van der Waals surface area contributed by atoms with Gasteiger partial charge in [-0.15, -0.1) is 0 Å². The van der Waals surface area contributed by atoms with Crippen LogP contribution in [0.2, 0.25) is 0 Å². The van der Waals surface area contributed by atoms with Crippen molar-refractivity contribution in [3.05, 3.63) is 0 Å². The van der Waals surface area contributed by atoms with Gasteiger partial charge in [0, 0.05) is 19.1 Å². The molecule has 6 heteroatoms. The molecule has 120 valence electrons. The summed E-state index contributed by atoms with van der Waals surface area (Å²) in [5.41, 5.74) is 0. The number of carbonyl (C=O) groups is 2. The normalized spacial score (nSPS) is 32.4. The number of ether oxygens (including phenoxy) is 2. The summed E-state index contributed by atoms with van der Waals surface area (Å²) in [6, 6.07) is -0.276. The number of methoxy groups -OCH3 is 2. The number of piperidine rings is 1. The number of likely N-dealkylation sites (tertiary alicyclic amines) is 1. The van der Waals surface area contributed by atoms with Crippen LogP contribution in [0.25, 0.3) is 0 Å². The molecule has 0 aromatic rings. The highest BCUT2D eigenvalue weighted by Crippen LogP contribution is 2.44. The van der Waals surface area contributed by atoms with Crippen molar-refractivity contribution in [3.8, 4) is 0 Å². The second kappa shape index (κ2) is 6.22. The van der Waals surface area contributed by atoms with Gasteiger partial charge >= 0.3 is 6.09 Å². The van der Waals surface area contributed by atoms with Crippen molar-refractivity contribution in [1.82, 2.24) is 10.2 Å². The third-order valence-corrected chi connectivity index (χ3v) is 4.93. The maximum absolute atomic E-state index is 12.9. The molecule has 1 aliphatic heterocycles. The van der Waals surface area contributed by atoms with E-state index in [4.69, 9.17) is 4.74 Å². The summed E-state index contributed by atoms with van der Waals surface area (Å²) in [5, 5.41) is 2.66. The summed E-state index contributed by atoms with van der Waals surface area (Å²) in [7, 11) is 3.02. The first-order valence-electron chi connectivity index (χ1n) is 7.61. The van der Waals surface area contributed by atoms with E-state index in [1.807, 2.05) is 18.7 Å². The Labute approximate surface area is 126 Å². The van der Waals surface area contributed by atoms with Gasteiger partial charge in [0.05, 0.1) is 19.3 Å². The number of hydrogen-bond donors (Lipinski definition) is 1. The van der Waals surface area contributed by atoms with Crippen LogP contribution >= 0.6 is 0 Å². The molecule has 0 spiro atoms. The Morgan fingerprint density at radius 2 is 1.90 bits per heavy atom. The number of alkyl carbamates (subject to hydrolysis) is 1. The molecule has 1 aliphatic carbocycles. The van der Waals surface area contributed by atoms with Crippen LogP contribution in [-0.4, -0.2) is 55.3 Å². The van der Waals surface area contributed by atoms with Crippen molar-refractivity contribution in [2.45, 2.75) is 57.8 Å². The molecule has 5 atom stereocenters. The Hall–Kier alpha value is -1.30. The number of fused-ring (bicyclic) bond motifs is 2. The number of amides is 2. The first-order chi connectivity index (χ1) is 9.92. The van der Waals surface area contributed by atoms with Gasteiger partial charge < -0.3 is 19.7 Å². The van der Waals surface area contributed by atoms with E-state index in [0.29, 0.717) is 5.92 Å². The van der Waals surface area contributed by atoms with E-state index in [0.717, 1.165) is 12.8 Å². The zero-order chi connectivity index (χ0) is 15.7. The van der Waals surface area contributed by atoms with E-state index in [9.17, 15) is 9.59 Å². The van der Waals surface area contributed by atoms with Gasteiger partial charge in [-0.25, -0.2) is 4.79 Å². The molecule has 2 bridgehead atoms. The Balaban J connectivity index is 2.16. The molecule has 0 aromatic heterocycles. The zero-order valence-electron chi connectivity index (χ0n) is 13.5. The van der Waals surface area contributed by atoms with Crippen molar-refractivity contribution >= 4 is 12.0 Å². The Morgan fingerprint density at radius 1 is 1.24 bits per heavy atom. The van der Waals surface area contributed by atoms with Gasteiger partial charge in [0.25, 0.3) is 0 Å². The van der Waals surface area contributed by atoms with Crippen LogP contribution in [0.5, 0.6) is 0 Å². The van der Waals surface area contributed by atoms with E-state index < -0.39 is 12.1 Å². The van der Waals surface area contributed by atoms with Gasteiger partial charge in [-0.2, -0.15) is 0 Å². The first kappa shape index (κ1) is 16.1. The van der Waals surface area contributed by atoms with Crippen molar-refractivity contribution < 1.29 is 19.1 Å². The second-order valence-electron chi connectivity index (χ2n) is 6.35. The Morgan fingerprint density at radius 3 is 2.38 bits per heavy atom. The minimum Gasteiger partial charge on any atom is -0.453 e. The fourth-order valence-electron chi connectivity index (χ4n) is 3.85. The summed E-state index contributed by atoms with van der Waals surface area (Å²) in [4.78, 5) is 26.3. The molecule has 2 aliphatic rings. The van der Waals surface area contributed by atoms with Crippen LogP contribution in [0.1, 0.15) is 33.6 Å². The zero-order valence-corrected chi connectivity index (χ0v) is 13.5. The number of nitrogens with zero attached hydrogens (tertiary/aromatic N) is 1. The molecular weight excluding hydrogens is 272 g/mol. The lowest BCUT2D eigenvalue weighted by Crippen LogP contribution is -2.55. The van der Waals surface area contributed by atoms with Gasteiger partial charge in [0.1, 0.15) is 6.04 Å². The monoisotopic (exact) mass is 298 g/mol. The van der Waals surface area contributed by atoms with Gasteiger partial charge in [-0.05, 0) is 25.7 Å². The second-order valence-corrected chi connectivity index (χ2v) is 6.35. The highest BCUT2D eigenvalue weighted by Gasteiger charge is 2.54. The van der Waals surface area contributed by atoms with Crippen molar-refractivity contribution in [2.75, 3.05) is 14.2 Å². The molecule has 0 unspecified atom stereocenters. The lowest BCUT2D eigenvalue weighted by molar-refractivity contribution is -0.139. The van der Waals surface area contributed by atoms with Crippen LogP contribution in [0.15, 0.2) is 0 Å². The van der Waals surface area contributed by atoms with E-state index in [-0.39, 0.29) is 30.0 Å². The smallest absolute Gasteiger partial charge is 0.407 e. The molecule has 6 nitrogen and oxygen atoms in total. The number of nitrogens with one attached hydrogen (secondary N) is 1. The average Bonchev–Trinajstić information content (AvgIpc) is 2.97. The minimum atomic E-state index is -0.567. The maximum atomic E-state index is 12.9. The predicted octanol–water partition coefficient (Wildman–Crippen LogP) is 1.39. The Bertz CT molecular complexity index is 412. The van der Waals surface area contributed by atoms with Gasteiger partial charge in [0.15, 0.2) is 0 Å². The maximum Gasteiger partial charge on any atom is 0.407 e. The molecule has 1 saturated carbocycles. The largest absolute Gasteiger partial charge is 0.453 e. The quantitative estimate of drug-likeness (QED) is 0.851. The highest BCUT2D eigenvalue weighted by atomic mass is 16.5. The molecule has 0 aromatic carbocycles. The van der Waals surface area contributed by atoms with Gasteiger partial charge in [0.2, 0.25) is 5.91 Å². The average molecular weight is 298 g/mol. The van der Waals surface area contributed by atoms with Crippen molar-refractivity contribution in [2.24, 2.45) is 11.8 Å². The fraction of sp³-hybridized carbons (Fsp3) is 0.867. The molecule has 0 radical (unpaired) electrons. The van der Waals surface area contributed by atoms with Crippen LogP contribution in [0.3, 0.4) is 0 Å². The molecule has 1 saturated heterocycles. The summed E-state index contributed by atoms with van der Waals surface area (Å²) in [5.74, 6) is 0.371. The third kappa shape index (κ3) is 2.73. The molecule has 2 rings (SSSR count). The van der Waals surface area contributed by atoms with E-state index in [1.54, 1.807) is 7.11 Å². The topological polar surface area (TPSA) is 67.9 Å². The van der Waals surface area contributed by atoms with E-state index in [2.05, 4.69) is 17.0 Å². The Kier molecular flexibility index (Phi) is 4.76. The molecule has 2 fully saturated rings. The first-order valence-corrected chi connectivity index (χ1v) is 7.61.